The van der Waals surface area contributed by atoms with Crippen LogP contribution in [0, 0.1) is 11.8 Å². The molecule has 1 fully saturated rings. The van der Waals surface area contributed by atoms with E-state index in [4.69, 9.17) is 4.74 Å². The number of methoxy groups -OCH3 is 1. The summed E-state index contributed by atoms with van der Waals surface area (Å²) in [6, 6.07) is -0.00870. The van der Waals surface area contributed by atoms with E-state index in [1.165, 1.54) is 0 Å². The second-order valence-electron chi connectivity index (χ2n) is 6.02. The number of hydrogen-bond acceptors (Lipinski definition) is 3. The quantitative estimate of drug-likeness (QED) is 0.756. The topological polar surface area (TPSA) is 41.6 Å². The van der Waals surface area contributed by atoms with Gasteiger partial charge in [-0.1, -0.05) is 27.7 Å². The first kappa shape index (κ1) is 15.4. The molecule has 0 bridgehead atoms. The third-order valence-electron chi connectivity index (χ3n) is 3.29. The van der Waals surface area contributed by atoms with Crippen molar-refractivity contribution in [2.24, 2.45) is 11.8 Å². The van der Waals surface area contributed by atoms with Crippen LogP contribution in [-0.4, -0.2) is 43.3 Å². The van der Waals surface area contributed by atoms with Crippen molar-refractivity contribution >= 4 is 5.91 Å². The largest absolute Gasteiger partial charge is 0.383 e. The van der Waals surface area contributed by atoms with Crippen LogP contribution >= 0.6 is 0 Å². The highest BCUT2D eigenvalue weighted by molar-refractivity contribution is 5.84. The van der Waals surface area contributed by atoms with Crippen molar-refractivity contribution in [3.8, 4) is 0 Å². The minimum Gasteiger partial charge on any atom is -0.383 e. The van der Waals surface area contributed by atoms with Crippen LogP contribution in [0.4, 0.5) is 0 Å². The van der Waals surface area contributed by atoms with Crippen LogP contribution in [0.15, 0.2) is 0 Å². The van der Waals surface area contributed by atoms with E-state index in [-0.39, 0.29) is 18.1 Å². The Morgan fingerprint density at radius 3 is 2.33 bits per heavy atom. The van der Waals surface area contributed by atoms with Crippen LogP contribution in [0.2, 0.25) is 0 Å². The molecular weight excluding hydrogens is 228 g/mol. The molecule has 0 aliphatic carbocycles. The second-order valence-corrected chi connectivity index (χ2v) is 6.02. The summed E-state index contributed by atoms with van der Waals surface area (Å²) in [6.45, 7) is 9.99. The molecule has 0 aromatic heterocycles. The summed E-state index contributed by atoms with van der Waals surface area (Å²) in [5.74, 6) is 1.36. The Morgan fingerprint density at radius 1 is 1.22 bits per heavy atom. The summed E-state index contributed by atoms with van der Waals surface area (Å²) >= 11 is 0. The van der Waals surface area contributed by atoms with E-state index in [9.17, 15) is 4.79 Å². The van der Waals surface area contributed by atoms with Gasteiger partial charge in [-0.05, 0) is 24.7 Å². The summed E-state index contributed by atoms with van der Waals surface area (Å²) in [7, 11) is 1.68. The summed E-state index contributed by atoms with van der Waals surface area (Å²) in [4.78, 5) is 14.3. The molecule has 0 aromatic carbocycles. The van der Waals surface area contributed by atoms with Gasteiger partial charge in [0.2, 0.25) is 5.91 Å². The average Bonchev–Trinajstić information content (AvgIpc) is 2.51. The number of carbonyl (C=O) groups excluding carboxylic acids is 1. The molecule has 4 nitrogen and oxygen atoms in total. The van der Waals surface area contributed by atoms with E-state index >= 15 is 0 Å². The van der Waals surface area contributed by atoms with E-state index in [0.29, 0.717) is 25.0 Å². The third kappa shape index (κ3) is 4.25. The molecule has 1 aliphatic rings. The fourth-order valence-corrected chi connectivity index (χ4v) is 2.48. The van der Waals surface area contributed by atoms with Crippen molar-refractivity contribution in [3.63, 3.8) is 0 Å². The van der Waals surface area contributed by atoms with Crippen molar-refractivity contribution in [2.45, 2.75) is 52.7 Å². The van der Waals surface area contributed by atoms with Crippen molar-refractivity contribution in [1.29, 1.82) is 0 Å². The highest BCUT2D eigenvalue weighted by Crippen LogP contribution is 2.21. The van der Waals surface area contributed by atoms with Gasteiger partial charge in [0.05, 0.1) is 18.8 Å². The number of ether oxygens (including phenoxy) is 1. The molecule has 0 radical (unpaired) electrons. The molecular formula is C14H28N2O2. The first-order chi connectivity index (χ1) is 8.45. The van der Waals surface area contributed by atoms with Gasteiger partial charge >= 0.3 is 0 Å². The molecule has 106 valence electrons. The van der Waals surface area contributed by atoms with Crippen molar-refractivity contribution in [2.75, 3.05) is 20.3 Å². The molecule has 0 saturated carbocycles. The molecule has 1 amide bonds. The molecule has 0 spiro atoms. The Labute approximate surface area is 111 Å². The standard InChI is InChI=1S/C14H28N2O2/c1-10(2)8-12-14(17)16(6-7-18-5)13(15-12)9-11(3)4/h10-13,15H,6-9H2,1-5H3. The molecule has 1 aliphatic heterocycles. The highest BCUT2D eigenvalue weighted by atomic mass is 16.5. The number of rotatable bonds is 7. The zero-order valence-corrected chi connectivity index (χ0v) is 12.4. The Balaban J connectivity index is 2.65. The van der Waals surface area contributed by atoms with Crippen LogP contribution in [0.3, 0.4) is 0 Å². The van der Waals surface area contributed by atoms with E-state index in [1.54, 1.807) is 7.11 Å². The molecule has 2 unspecified atom stereocenters. The maximum atomic E-state index is 12.3. The molecule has 4 heteroatoms. The minimum absolute atomic E-state index is 0.00870. The zero-order chi connectivity index (χ0) is 13.7. The second kappa shape index (κ2) is 7.10. The number of nitrogens with zero attached hydrogens (tertiary/aromatic N) is 1. The summed E-state index contributed by atoms with van der Waals surface area (Å²) in [5, 5.41) is 3.48. The third-order valence-corrected chi connectivity index (χ3v) is 3.29. The maximum Gasteiger partial charge on any atom is 0.241 e. The number of hydrogen-bond donors (Lipinski definition) is 1. The van der Waals surface area contributed by atoms with Gasteiger partial charge in [0.15, 0.2) is 0 Å². The Morgan fingerprint density at radius 2 is 1.83 bits per heavy atom. The number of carbonyl (C=O) groups is 1. The number of nitrogens with one attached hydrogen (secondary N) is 1. The van der Waals surface area contributed by atoms with Gasteiger partial charge in [-0.15, -0.1) is 0 Å². The summed E-state index contributed by atoms with van der Waals surface area (Å²) in [6.07, 6.45) is 2.09. The predicted octanol–water partition coefficient (Wildman–Crippen LogP) is 1.85. The Bertz CT molecular complexity index is 267. The van der Waals surface area contributed by atoms with E-state index in [1.807, 2.05) is 4.90 Å². The molecule has 1 rings (SSSR count). The molecule has 1 saturated heterocycles. The van der Waals surface area contributed by atoms with Gasteiger partial charge in [-0.3, -0.25) is 10.1 Å². The molecule has 1 heterocycles. The van der Waals surface area contributed by atoms with Gasteiger partial charge in [0, 0.05) is 13.7 Å². The van der Waals surface area contributed by atoms with Crippen LogP contribution in [0.25, 0.3) is 0 Å². The van der Waals surface area contributed by atoms with Crippen molar-refractivity contribution in [1.82, 2.24) is 10.2 Å². The minimum atomic E-state index is -0.00870. The maximum absolute atomic E-state index is 12.3. The van der Waals surface area contributed by atoms with E-state index < -0.39 is 0 Å². The van der Waals surface area contributed by atoms with Gasteiger partial charge in [-0.25, -0.2) is 0 Å². The normalized spacial score (nSPS) is 24.6. The van der Waals surface area contributed by atoms with Crippen LogP contribution in [-0.2, 0) is 9.53 Å². The first-order valence-electron chi connectivity index (χ1n) is 7.01. The lowest BCUT2D eigenvalue weighted by atomic mass is 10.0. The monoisotopic (exact) mass is 256 g/mol. The predicted molar refractivity (Wildman–Crippen MR) is 73.2 cm³/mol. The van der Waals surface area contributed by atoms with Gasteiger partial charge in [0.1, 0.15) is 0 Å². The fraction of sp³-hybridized carbons (Fsp3) is 0.929. The molecule has 2 atom stereocenters. The van der Waals surface area contributed by atoms with Crippen LogP contribution < -0.4 is 5.32 Å². The van der Waals surface area contributed by atoms with Crippen molar-refractivity contribution in [3.05, 3.63) is 0 Å². The van der Waals surface area contributed by atoms with Crippen LogP contribution in [0.1, 0.15) is 40.5 Å². The van der Waals surface area contributed by atoms with E-state index in [0.717, 1.165) is 12.8 Å². The number of amides is 1. The van der Waals surface area contributed by atoms with Gasteiger partial charge in [0.25, 0.3) is 0 Å². The SMILES string of the molecule is COCCN1C(=O)C(CC(C)C)NC1CC(C)C. The highest BCUT2D eigenvalue weighted by Gasteiger charge is 2.38. The van der Waals surface area contributed by atoms with Crippen molar-refractivity contribution < 1.29 is 9.53 Å². The summed E-state index contributed by atoms with van der Waals surface area (Å²) < 4.78 is 5.10. The Hall–Kier alpha value is -0.610. The fourth-order valence-electron chi connectivity index (χ4n) is 2.48. The summed E-state index contributed by atoms with van der Waals surface area (Å²) in [5.41, 5.74) is 0. The zero-order valence-electron chi connectivity index (χ0n) is 12.4. The average molecular weight is 256 g/mol. The lowest BCUT2D eigenvalue weighted by molar-refractivity contribution is -0.131. The lowest BCUT2D eigenvalue weighted by Crippen LogP contribution is -2.40. The molecule has 1 N–H and O–H groups in total. The smallest absolute Gasteiger partial charge is 0.241 e. The van der Waals surface area contributed by atoms with Gasteiger partial charge < -0.3 is 9.64 Å². The first-order valence-corrected chi connectivity index (χ1v) is 7.01. The van der Waals surface area contributed by atoms with Gasteiger partial charge in [-0.2, -0.15) is 0 Å². The Kier molecular flexibility index (Phi) is 6.09. The lowest BCUT2D eigenvalue weighted by Gasteiger charge is -2.25. The van der Waals surface area contributed by atoms with E-state index in [2.05, 4.69) is 33.0 Å². The molecule has 18 heavy (non-hydrogen) atoms. The molecule has 0 aromatic rings. The van der Waals surface area contributed by atoms with Crippen LogP contribution in [0.5, 0.6) is 0 Å².